The molecule has 1 amide bonds. The first-order chi connectivity index (χ1) is 6.97. The maximum atomic E-state index is 11.6. The second kappa shape index (κ2) is 5.50. The fraction of sp³-hybridized carbons (Fsp3) is 0.917. The number of hydrogen-bond donors (Lipinski definition) is 2. The van der Waals surface area contributed by atoms with Crippen molar-refractivity contribution in [2.24, 2.45) is 5.41 Å². The lowest BCUT2D eigenvalue weighted by molar-refractivity contribution is -0.122. The summed E-state index contributed by atoms with van der Waals surface area (Å²) in [5, 5.41) is 6.38. The fourth-order valence-electron chi connectivity index (χ4n) is 1.76. The number of nitrogens with one attached hydrogen (secondary N) is 2. The Labute approximate surface area is 93.0 Å². The van der Waals surface area contributed by atoms with Gasteiger partial charge in [0, 0.05) is 19.0 Å². The van der Waals surface area contributed by atoms with Crippen LogP contribution in [0.2, 0.25) is 0 Å². The van der Waals surface area contributed by atoms with Gasteiger partial charge in [-0.1, -0.05) is 27.2 Å². The van der Waals surface area contributed by atoms with Gasteiger partial charge in [0.05, 0.1) is 0 Å². The summed E-state index contributed by atoms with van der Waals surface area (Å²) in [6, 6.07) is 0.402. The molecule has 0 aromatic heterocycles. The highest BCUT2D eigenvalue weighted by molar-refractivity contribution is 5.76. The molecule has 0 spiro atoms. The van der Waals surface area contributed by atoms with Gasteiger partial charge in [-0.05, 0) is 24.8 Å². The van der Waals surface area contributed by atoms with E-state index in [0.717, 1.165) is 19.5 Å². The Hall–Kier alpha value is -0.570. The molecule has 0 saturated carbocycles. The van der Waals surface area contributed by atoms with Crippen molar-refractivity contribution in [2.75, 3.05) is 13.1 Å². The van der Waals surface area contributed by atoms with Crippen molar-refractivity contribution in [2.45, 2.75) is 52.5 Å². The highest BCUT2D eigenvalue weighted by atomic mass is 16.1. The summed E-state index contributed by atoms with van der Waals surface area (Å²) in [7, 11) is 0. The lowest BCUT2D eigenvalue weighted by Gasteiger charge is -2.24. The minimum atomic E-state index is 0.176. The second-order valence-corrected chi connectivity index (χ2v) is 5.69. The van der Waals surface area contributed by atoms with Crippen LogP contribution in [0.5, 0.6) is 0 Å². The van der Waals surface area contributed by atoms with Crippen molar-refractivity contribution in [1.82, 2.24) is 10.6 Å². The summed E-state index contributed by atoms with van der Waals surface area (Å²) < 4.78 is 0. The van der Waals surface area contributed by atoms with Crippen molar-refractivity contribution in [3.05, 3.63) is 0 Å². The summed E-state index contributed by atoms with van der Waals surface area (Å²) in [6.45, 7) is 8.22. The summed E-state index contributed by atoms with van der Waals surface area (Å²) in [5.41, 5.74) is 0.176. The predicted octanol–water partition coefficient (Wildman–Crippen LogP) is 1.68. The SMILES string of the molecule is CC(C)(C)CNC(=O)CC1CCCCN1. The van der Waals surface area contributed by atoms with Crippen molar-refractivity contribution in [1.29, 1.82) is 0 Å². The average molecular weight is 212 g/mol. The third kappa shape index (κ3) is 5.78. The van der Waals surface area contributed by atoms with Gasteiger partial charge in [-0.25, -0.2) is 0 Å². The number of rotatable bonds is 3. The van der Waals surface area contributed by atoms with E-state index in [4.69, 9.17) is 0 Å². The minimum Gasteiger partial charge on any atom is -0.356 e. The molecule has 1 saturated heterocycles. The first-order valence-electron chi connectivity index (χ1n) is 5.97. The van der Waals surface area contributed by atoms with E-state index in [0.29, 0.717) is 12.5 Å². The van der Waals surface area contributed by atoms with Crippen LogP contribution in [0.1, 0.15) is 46.5 Å². The molecule has 0 aromatic rings. The zero-order valence-electron chi connectivity index (χ0n) is 10.2. The van der Waals surface area contributed by atoms with Gasteiger partial charge >= 0.3 is 0 Å². The number of carbonyl (C=O) groups excluding carboxylic acids is 1. The van der Waals surface area contributed by atoms with Crippen LogP contribution in [0.3, 0.4) is 0 Å². The quantitative estimate of drug-likeness (QED) is 0.747. The number of hydrogen-bond acceptors (Lipinski definition) is 2. The third-order valence-electron chi connectivity index (χ3n) is 2.66. The summed E-state index contributed by atoms with van der Waals surface area (Å²) in [4.78, 5) is 11.6. The molecule has 3 nitrogen and oxygen atoms in total. The van der Waals surface area contributed by atoms with Crippen LogP contribution in [0.4, 0.5) is 0 Å². The fourth-order valence-corrected chi connectivity index (χ4v) is 1.76. The molecule has 0 aromatic carbocycles. The van der Waals surface area contributed by atoms with Crippen molar-refractivity contribution in [3.63, 3.8) is 0 Å². The largest absolute Gasteiger partial charge is 0.356 e. The first kappa shape index (κ1) is 12.5. The molecule has 1 atom stereocenters. The molecule has 0 aliphatic carbocycles. The average Bonchev–Trinajstić information content (AvgIpc) is 2.15. The Morgan fingerprint density at radius 1 is 1.40 bits per heavy atom. The smallest absolute Gasteiger partial charge is 0.221 e. The Balaban J connectivity index is 2.17. The van der Waals surface area contributed by atoms with E-state index in [2.05, 4.69) is 31.4 Å². The Morgan fingerprint density at radius 3 is 2.67 bits per heavy atom. The van der Waals surface area contributed by atoms with Gasteiger partial charge in [0.25, 0.3) is 0 Å². The van der Waals surface area contributed by atoms with Crippen molar-refractivity contribution in [3.8, 4) is 0 Å². The van der Waals surface area contributed by atoms with Gasteiger partial charge in [0.15, 0.2) is 0 Å². The van der Waals surface area contributed by atoms with Crippen molar-refractivity contribution >= 4 is 5.91 Å². The topological polar surface area (TPSA) is 41.1 Å². The molecule has 1 rings (SSSR count). The lowest BCUT2D eigenvalue weighted by atomic mass is 9.96. The van der Waals surface area contributed by atoms with Crippen LogP contribution in [-0.4, -0.2) is 25.0 Å². The molecule has 3 heteroatoms. The van der Waals surface area contributed by atoms with Crippen LogP contribution >= 0.6 is 0 Å². The molecule has 0 bridgehead atoms. The van der Waals surface area contributed by atoms with Crippen LogP contribution in [-0.2, 0) is 4.79 Å². The molecule has 1 fully saturated rings. The van der Waals surface area contributed by atoms with Gasteiger partial charge in [-0.3, -0.25) is 4.79 Å². The van der Waals surface area contributed by atoms with Crippen LogP contribution in [0.25, 0.3) is 0 Å². The van der Waals surface area contributed by atoms with Gasteiger partial charge in [-0.2, -0.15) is 0 Å². The first-order valence-corrected chi connectivity index (χ1v) is 5.97. The van der Waals surface area contributed by atoms with Gasteiger partial charge in [0.2, 0.25) is 5.91 Å². The highest BCUT2D eigenvalue weighted by Crippen LogP contribution is 2.12. The molecule has 1 heterocycles. The van der Waals surface area contributed by atoms with E-state index >= 15 is 0 Å². The Kier molecular flexibility index (Phi) is 4.58. The highest BCUT2D eigenvalue weighted by Gasteiger charge is 2.17. The standard InChI is InChI=1S/C12H24N2O/c1-12(2,3)9-14-11(15)8-10-6-4-5-7-13-10/h10,13H,4-9H2,1-3H3,(H,14,15). The Bertz CT molecular complexity index is 202. The van der Waals surface area contributed by atoms with Crippen LogP contribution < -0.4 is 10.6 Å². The van der Waals surface area contributed by atoms with Gasteiger partial charge in [-0.15, -0.1) is 0 Å². The predicted molar refractivity (Wildman–Crippen MR) is 62.7 cm³/mol. The summed E-state index contributed by atoms with van der Waals surface area (Å²) in [6.07, 6.45) is 4.28. The lowest BCUT2D eigenvalue weighted by Crippen LogP contribution is -2.40. The molecule has 1 unspecified atom stereocenters. The van der Waals surface area contributed by atoms with Gasteiger partial charge < -0.3 is 10.6 Å². The number of carbonyl (C=O) groups is 1. The maximum Gasteiger partial charge on any atom is 0.221 e. The molecular weight excluding hydrogens is 188 g/mol. The summed E-state index contributed by atoms with van der Waals surface area (Å²) >= 11 is 0. The zero-order chi connectivity index (χ0) is 11.3. The van der Waals surface area contributed by atoms with E-state index < -0.39 is 0 Å². The maximum absolute atomic E-state index is 11.6. The van der Waals surface area contributed by atoms with Crippen LogP contribution in [0, 0.1) is 5.41 Å². The zero-order valence-corrected chi connectivity index (χ0v) is 10.2. The van der Waals surface area contributed by atoms with E-state index in [1.165, 1.54) is 12.8 Å². The second-order valence-electron chi connectivity index (χ2n) is 5.69. The molecular formula is C12H24N2O. The van der Waals surface area contributed by atoms with E-state index in [1.54, 1.807) is 0 Å². The normalized spacial score (nSPS) is 22.5. The van der Waals surface area contributed by atoms with E-state index in [9.17, 15) is 4.79 Å². The van der Waals surface area contributed by atoms with Gasteiger partial charge in [0.1, 0.15) is 0 Å². The molecule has 0 radical (unpaired) electrons. The molecule has 15 heavy (non-hydrogen) atoms. The molecule has 1 aliphatic heterocycles. The number of amides is 1. The van der Waals surface area contributed by atoms with Crippen LogP contribution in [0.15, 0.2) is 0 Å². The van der Waals surface area contributed by atoms with E-state index in [1.807, 2.05) is 0 Å². The molecule has 1 aliphatic rings. The minimum absolute atomic E-state index is 0.176. The molecule has 2 N–H and O–H groups in total. The summed E-state index contributed by atoms with van der Waals surface area (Å²) in [5.74, 6) is 0.185. The van der Waals surface area contributed by atoms with Crippen molar-refractivity contribution < 1.29 is 4.79 Å². The van der Waals surface area contributed by atoms with E-state index in [-0.39, 0.29) is 11.3 Å². The molecule has 88 valence electrons. The Morgan fingerprint density at radius 2 is 2.13 bits per heavy atom. The third-order valence-corrected chi connectivity index (χ3v) is 2.66. The monoisotopic (exact) mass is 212 g/mol. The number of piperidine rings is 1.